The third-order valence-corrected chi connectivity index (χ3v) is 5.04. The summed E-state index contributed by atoms with van der Waals surface area (Å²) in [4.78, 5) is 17.7. The molecule has 4 rings (SSSR count). The standard InChI is InChI=1S/C19H13ClN2O2S/c20-14-7-3-1-5-12(14)9-10-17(23)21-19-22-18-13-6-2-4-8-15(13)24-11-16(18)25-19/h1-10H,11H2,(H,21,22,23). The molecule has 1 aliphatic rings. The van der Waals surface area contributed by atoms with Crippen LogP contribution in [0.2, 0.25) is 5.02 Å². The van der Waals surface area contributed by atoms with Gasteiger partial charge in [0.2, 0.25) is 5.91 Å². The number of carbonyl (C=O) groups is 1. The number of hydrogen-bond donors (Lipinski definition) is 1. The Morgan fingerprint density at radius 2 is 2.00 bits per heavy atom. The molecule has 0 spiro atoms. The van der Waals surface area contributed by atoms with Crippen LogP contribution >= 0.6 is 22.9 Å². The number of para-hydroxylation sites is 1. The minimum absolute atomic E-state index is 0.250. The van der Waals surface area contributed by atoms with Gasteiger partial charge < -0.3 is 4.74 Å². The van der Waals surface area contributed by atoms with E-state index in [1.54, 1.807) is 12.1 Å². The average Bonchev–Trinajstić information content (AvgIpc) is 3.04. The average molecular weight is 369 g/mol. The Hall–Kier alpha value is -2.63. The molecule has 6 heteroatoms. The van der Waals surface area contributed by atoms with E-state index in [2.05, 4.69) is 10.3 Å². The number of benzene rings is 2. The molecule has 25 heavy (non-hydrogen) atoms. The summed E-state index contributed by atoms with van der Waals surface area (Å²) in [5, 5.41) is 3.96. The molecule has 1 N–H and O–H groups in total. The topological polar surface area (TPSA) is 51.2 Å². The molecule has 0 atom stereocenters. The van der Waals surface area contributed by atoms with Crippen molar-refractivity contribution in [2.24, 2.45) is 0 Å². The highest BCUT2D eigenvalue weighted by Gasteiger charge is 2.22. The highest BCUT2D eigenvalue weighted by Crippen LogP contribution is 2.40. The minimum Gasteiger partial charge on any atom is -0.487 e. The van der Waals surface area contributed by atoms with E-state index in [1.807, 2.05) is 42.5 Å². The molecule has 3 aromatic rings. The fourth-order valence-corrected chi connectivity index (χ4v) is 3.66. The van der Waals surface area contributed by atoms with Gasteiger partial charge in [0.25, 0.3) is 0 Å². The van der Waals surface area contributed by atoms with Crippen molar-refractivity contribution >= 4 is 40.1 Å². The Balaban J connectivity index is 1.52. The van der Waals surface area contributed by atoms with Gasteiger partial charge in [-0.2, -0.15) is 0 Å². The summed E-state index contributed by atoms with van der Waals surface area (Å²) in [6.45, 7) is 0.468. The number of carbonyl (C=O) groups excluding carboxylic acids is 1. The zero-order chi connectivity index (χ0) is 17.2. The second-order valence-corrected chi connectivity index (χ2v) is 6.91. The monoisotopic (exact) mass is 368 g/mol. The Bertz CT molecular complexity index is 981. The molecule has 124 valence electrons. The van der Waals surface area contributed by atoms with Gasteiger partial charge in [-0.15, -0.1) is 0 Å². The van der Waals surface area contributed by atoms with E-state index < -0.39 is 0 Å². The number of thiazole rings is 1. The fraction of sp³-hybridized carbons (Fsp3) is 0.0526. The summed E-state index contributed by atoms with van der Waals surface area (Å²) in [6.07, 6.45) is 3.13. The quantitative estimate of drug-likeness (QED) is 0.661. The van der Waals surface area contributed by atoms with Crippen molar-refractivity contribution in [1.82, 2.24) is 4.98 Å². The van der Waals surface area contributed by atoms with Gasteiger partial charge in [-0.25, -0.2) is 4.98 Å². The number of amides is 1. The van der Waals surface area contributed by atoms with E-state index in [-0.39, 0.29) is 5.91 Å². The van der Waals surface area contributed by atoms with Crippen LogP contribution < -0.4 is 10.1 Å². The maximum absolute atomic E-state index is 12.1. The van der Waals surface area contributed by atoms with Crippen LogP contribution in [0.5, 0.6) is 5.75 Å². The van der Waals surface area contributed by atoms with E-state index >= 15 is 0 Å². The Morgan fingerprint density at radius 1 is 1.20 bits per heavy atom. The van der Waals surface area contributed by atoms with E-state index in [9.17, 15) is 4.79 Å². The van der Waals surface area contributed by atoms with Crippen molar-refractivity contribution in [3.63, 3.8) is 0 Å². The molecule has 0 radical (unpaired) electrons. The van der Waals surface area contributed by atoms with Crippen LogP contribution in [0.3, 0.4) is 0 Å². The molecule has 0 saturated heterocycles. The molecule has 1 amide bonds. The molecule has 1 aromatic heterocycles. The lowest BCUT2D eigenvalue weighted by atomic mass is 10.1. The molecular weight excluding hydrogens is 356 g/mol. The number of rotatable bonds is 3. The molecule has 0 bridgehead atoms. The van der Waals surface area contributed by atoms with Crippen LogP contribution in [-0.2, 0) is 11.4 Å². The summed E-state index contributed by atoms with van der Waals surface area (Å²) >= 11 is 7.50. The van der Waals surface area contributed by atoms with Gasteiger partial charge >= 0.3 is 0 Å². The van der Waals surface area contributed by atoms with E-state index in [0.29, 0.717) is 16.8 Å². The maximum atomic E-state index is 12.1. The van der Waals surface area contributed by atoms with Gasteiger partial charge in [0, 0.05) is 16.7 Å². The van der Waals surface area contributed by atoms with Crippen LogP contribution in [0, 0.1) is 0 Å². The van der Waals surface area contributed by atoms with Crippen molar-refractivity contribution in [3.05, 3.63) is 70.1 Å². The van der Waals surface area contributed by atoms with E-state index in [1.165, 1.54) is 17.4 Å². The lowest BCUT2D eigenvalue weighted by molar-refractivity contribution is -0.111. The van der Waals surface area contributed by atoms with Crippen molar-refractivity contribution in [2.45, 2.75) is 6.61 Å². The zero-order valence-electron chi connectivity index (χ0n) is 13.0. The number of hydrogen-bond acceptors (Lipinski definition) is 4. The fourth-order valence-electron chi connectivity index (χ4n) is 2.57. The van der Waals surface area contributed by atoms with E-state index in [0.717, 1.165) is 27.4 Å². The third-order valence-electron chi connectivity index (χ3n) is 3.75. The normalized spacial score (nSPS) is 12.4. The first-order chi connectivity index (χ1) is 12.2. The second-order valence-electron chi connectivity index (χ2n) is 5.42. The summed E-state index contributed by atoms with van der Waals surface area (Å²) < 4.78 is 5.72. The lowest BCUT2D eigenvalue weighted by Gasteiger charge is -2.15. The Kier molecular flexibility index (Phi) is 4.26. The molecule has 0 unspecified atom stereocenters. The molecular formula is C19H13ClN2O2S. The Morgan fingerprint density at radius 3 is 2.88 bits per heavy atom. The largest absolute Gasteiger partial charge is 0.487 e. The predicted octanol–water partition coefficient (Wildman–Crippen LogP) is 5.01. The number of nitrogens with zero attached hydrogens (tertiary/aromatic N) is 1. The SMILES string of the molecule is O=C(C=Cc1ccccc1Cl)Nc1nc2c(s1)COc1ccccc1-2. The summed E-state index contributed by atoms with van der Waals surface area (Å²) in [6, 6.07) is 15.1. The third kappa shape index (κ3) is 3.29. The van der Waals surface area contributed by atoms with Crippen molar-refractivity contribution < 1.29 is 9.53 Å². The molecule has 0 fully saturated rings. The first-order valence-electron chi connectivity index (χ1n) is 7.66. The van der Waals surface area contributed by atoms with Gasteiger partial charge in [-0.3, -0.25) is 10.1 Å². The minimum atomic E-state index is -0.250. The first-order valence-corrected chi connectivity index (χ1v) is 8.85. The van der Waals surface area contributed by atoms with Gasteiger partial charge in [0.05, 0.1) is 10.6 Å². The van der Waals surface area contributed by atoms with E-state index in [4.69, 9.17) is 16.3 Å². The van der Waals surface area contributed by atoms with Gasteiger partial charge in [0.1, 0.15) is 12.4 Å². The van der Waals surface area contributed by atoms with Crippen LogP contribution in [0.4, 0.5) is 5.13 Å². The van der Waals surface area contributed by atoms with Crippen LogP contribution in [-0.4, -0.2) is 10.9 Å². The van der Waals surface area contributed by atoms with Gasteiger partial charge in [0.15, 0.2) is 5.13 Å². The molecule has 4 nitrogen and oxygen atoms in total. The summed E-state index contributed by atoms with van der Waals surface area (Å²) in [7, 11) is 0. The number of halogens is 1. The second kappa shape index (κ2) is 6.70. The van der Waals surface area contributed by atoms with Crippen molar-refractivity contribution in [1.29, 1.82) is 0 Å². The predicted molar refractivity (Wildman–Crippen MR) is 101 cm³/mol. The van der Waals surface area contributed by atoms with Crippen LogP contribution in [0.25, 0.3) is 17.3 Å². The van der Waals surface area contributed by atoms with Crippen molar-refractivity contribution in [3.8, 4) is 17.0 Å². The lowest BCUT2D eigenvalue weighted by Crippen LogP contribution is -2.07. The van der Waals surface area contributed by atoms with Gasteiger partial charge in [-0.05, 0) is 29.8 Å². The van der Waals surface area contributed by atoms with Crippen LogP contribution in [0.1, 0.15) is 10.4 Å². The molecule has 1 aliphatic heterocycles. The molecule has 2 aromatic carbocycles. The number of nitrogens with one attached hydrogen (secondary N) is 1. The number of ether oxygens (including phenoxy) is 1. The summed E-state index contributed by atoms with van der Waals surface area (Å²) in [5.41, 5.74) is 2.62. The molecule has 0 saturated carbocycles. The Labute approximate surface area is 153 Å². The highest BCUT2D eigenvalue weighted by atomic mass is 35.5. The maximum Gasteiger partial charge on any atom is 0.250 e. The number of fused-ring (bicyclic) bond motifs is 3. The zero-order valence-corrected chi connectivity index (χ0v) is 14.6. The summed E-state index contributed by atoms with van der Waals surface area (Å²) in [5.74, 6) is 0.567. The smallest absolute Gasteiger partial charge is 0.250 e. The molecule has 0 aliphatic carbocycles. The van der Waals surface area contributed by atoms with Gasteiger partial charge in [-0.1, -0.05) is 53.3 Å². The first kappa shape index (κ1) is 15.9. The molecule has 2 heterocycles. The number of aromatic nitrogens is 1. The highest BCUT2D eigenvalue weighted by molar-refractivity contribution is 7.16. The number of anilines is 1. The van der Waals surface area contributed by atoms with Crippen molar-refractivity contribution in [2.75, 3.05) is 5.32 Å². The van der Waals surface area contributed by atoms with Crippen LogP contribution in [0.15, 0.2) is 54.6 Å².